The molecule has 1 unspecified atom stereocenters. The molecule has 0 spiro atoms. The molecule has 2 aliphatic heterocycles. The number of nitrogens with zero attached hydrogens (tertiary/aromatic N) is 4. The number of fused-ring (bicyclic) bond motifs is 5. The van der Waals surface area contributed by atoms with Crippen LogP contribution >= 0.6 is 11.6 Å². The molecule has 0 bridgehead atoms. The molecule has 0 saturated carbocycles. The second-order valence-corrected chi connectivity index (χ2v) is 8.22. The van der Waals surface area contributed by atoms with E-state index in [4.69, 9.17) is 11.6 Å². The second kappa shape index (κ2) is 6.99. The molecule has 1 atom stereocenters. The fourth-order valence-electron chi connectivity index (χ4n) is 4.81. The van der Waals surface area contributed by atoms with Crippen molar-refractivity contribution in [1.29, 1.82) is 0 Å². The van der Waals surface area contributed by atoms with Crippen molar-refractivity contribution >= 4 is 22.6 Å². The van der Waals surface area contributed by atoms with Gasteiger partial charge in [0, 0.05) is 49.0 Å². The van der Waals surface area contributed by atoms with Gasteiger partial charge in [-0.2, -0.15) is 13.2 Å². The zero-order valence-corrected chi connectivity index (χ0v) is 16.5. The lowest BCUT2D eigenvalue weighted by atomic mass is 9.96. The minimum Gasteiger partial charge on any atom is -0.329 e. The lowest BCUT2D eigenvalue weighted by Crippen LogP contribution is -2.31. The molecule has 0 aromatic carbocycles. The van der Waals surface area contributed by atoms with E-state index in [1.165, 1.54) is 29.9 Å². The van der Waals surface area contributed by atoms with Crippen LogP contribution in [0.15, 0.2) is 30.6 Å². The first kappa shape index (κ1) is 18.9. The zero-order valence-electron chi connectivity index (χ0n) is 15.7. The van der Waals surface area contributed by atoms with Gasteiger partial charge in [0.05, 0.1) is 5.02 Å². The van der Waals surface area contributed by atoms with Crippen molar-refractivity contribution in [1.82, 2.24) is 19.4 Å². The summed E-state index contributed by atoms with van der Waals surface area (Å²) in [5, 5.41) is 1.73. The van der Waals surface area contributed by atoms with Crippen molar-refractivity contribution in [2.45, 2.75) is 44.4 Å². The third-order valence-electron chi connectivity index (χ3n) is 6.09. The Hall–Kier alpha value is -2.12. The van der Waals surface area contributed by atoms with Gasteiger partial charge in [0.1, 0.15) is 11.3 Å². The van der Waals surface area contributed by atoms with Crippen molar-refractivity contribution < 1.29 is 13.2 Å². The average molecular weight is 421 g/mol. The summed E-state index contributed by atoms with van der Waals surface area (Å²) < 4.78 is 40.5. The van der Waals surface area contributed by atoms with Gasteiger partial charge in [0.15, 0.2) is 0 Å². The Kier molecular flexibility index (Phi) is 4.55. The predicted octanol–water partition coefficient (Wildman–Crippen LogP) is 5.04. The predicted molar refractivity (Wildman–Crippen MR) is 105 cm³/mol. The van der Waals surface area contributed by atoms with E-state index in [1.807, 2.05) is 6.07 Å². The van der Waals surface area contributed by atoms with Gasteiger partial charge in [0.2, 0.25) is 0 Å². The Bertz CT molecular complexity index is 1060. The quantitative estimate of drug-likeness (QED) is 0.595. The molecular formula is C21H20ClF3N4. The molecule has 0 radical (unpaired) electrons. The van der Waals surface area contributed by atoms with Crippen LogP contribution in [0.4, 0.5) is 13.2 Å². The number of halogens is 4. The number of aryl methyl sites for hydroxylation is 2. The van der Waals surface area contributed by atoms with Crippen LogP contribution in [0.5, 0.6) is 0 Å². The van der Waals surface area contributed by atoms with E-state index < -0.39 is 11.9 Å². The minimum atomic E-state index is -4.41. The van der Waals surface area contributed by atoms with Crippen LogP contribution in [-0.4, -0.2) is 32.5 Å². The lowest BCUT2D eigenvalue weighted by molar-refractivity contribution is -0.141. The zero-order chi connectivity index (χ0) is 20.2. The molecule has 0 N–H and O–H groups in total. The fraction of sp³-hybridized carbons (Fsp3) is 0.429. The number of pyridine rings is 2. The van der Waals surface area contributed by atoms with Gasteiger partial charge in [-0.25, -0.2) is 4.98 Å². The highest BCUT2D eigenvalue weighted by atomic mass is 35.5. The Morgan fingerprint density at radius 2 is 2.00 bits per heavy atom. The maximum absolute atomic E-state index is 12.7. The van der Waals surface area contributed by atoms with Crippen molar-refractivity contribution in [2.75, 3.05) is 13.1 Å². The van der Waals surface area contributed by atoms with Crippen LogP contribution < -0.4 is 0 Å². The molecule has 3 aromatic heterocycles. The Labute approximate surface area is 171 Å². The minimum absolute atomic E-state index is 0.413. The summed E-state index contributed by atoms with van der Waals surface area (Å²) in [7, 11) is 0. The van der Waals surface area contributed by atoms with E-state index in [2.05, 4.69) is 19.4 Å². The molecule has 1 saturated heterocycles. The Balaban J connectivity index is 1.49. The van der Waals surface area contributed by atoms with Crippen molar-refractivity contribution in [3.8, 4) is 0 Å². The third kappa shape index (κ3) is 3.30. The summed E-state index contributed by atoms with van der Waals surface area (Å²) >= 11 is 6.25. The molecule has 8 heteroatoms. The summed E-state index contributed by atoms with van der Waals surface area (Å²) in [4.78, 5) is 10.7. The summed E-state index contributed by atoms with van der Waals surface area (Å²) in [6.45, 7) is 2.81. The van der Waals surface area contributed by atoms with Crippen LogP contribution in [0.25, 0.3) is 11.0 Å². The first-order valence-electron chi connectivity index (χ1n) is 9.84. The van der Waals surface area contributed by atoms with Gasteiger partial charge in [-0.15, -0.1) is 0 Å². The Morgan fingerprint density at radius 1 is 1.14 bits per heavy atom. The first-order chi connectivity index (χ1) is 13.9. The number of aromatic nitrogens is 3. The monoisotopic (exact) mass is 420 g/mol. The maximum Gasteiger partial charge on any atom is 0.433 e. The van der Waals surface area contributed by atoms with E-state index in [1.54, 1.807) is 6.20 Å². The van der Waals surface area contributed by atoms with Crippen LogP contribution in [0.2, 0.25) is 5.02 Å². The molecule has 0 aliphatic carbocycles. The largest absolute Gasteiger partial charge is 0.433 e. The topological polar surface area (TPSA) is 34.0 Å². The van der Waals surface area contributed by atoms with Crippen molar-refractivity contribution in [3.63, 3.8) is 0 Å². The smallest absolute Gasteiger partial charge is 0.329 e. The molecule has 152 valence electrons. The van der Waals surface area contributed by atoms with Gasteiger partial charge in [-0.3, -0.25) is 9.88 Å². The first-order valence-corrected chi connectivity index (χ1v) is 10.2. The van der Waals surface area contributed by atoms with E-state index in [0.717, 1.165) is 48.6 Å². The summed E-state index contributed by atoms with van der Waals surface area (Å²) in [6.07, 6.45) is 2.46. The molecule has 0 amide bonds. The SMILES string of the molecule is FC(F)(F)c1ccc(CCn2c3c(c4cc(Cl)cnc42)C2CCCN2CC3)cn1. The molecule has 5 rings (SSSR count). The van der Waals surface area contributed by atoms with Gasteiger partial charge in [0.25, 0.3) is 0 Å². The summed E-state index contributed by atoms with van der Waals surface area (Å²) in [6, 6.07) is 4.97. The Morgan fingerprint density at radius 3 is 2.76 bits per heavy atom. The molecule has 2 aliphatic rings. The number of hydrogen-bond acceptors (Lipinski definition) is 3. The fourth-order valence-corrected chi connectivity index (χ4v) is 4.97. The highest BCUT2D eigenvalue weighted by Crippen LogP contribution is 2.43. The molecule has 1 fully saturated rings. The molecule has 29 heavy (non-hydrogen) atoms. The molecule has 5 heterocycles. The normalized spacial score (nSPS) is 19.5. The number of hydrogen-bond donors (Lipinski definition) is 0. The van der Waals surface area contributed by atoms with Gasteiger partial charge in [-0.1, -0.05) is 17.7 Å². The lowest BCUT2D eigenvalue weighted by Gasteiger charge is -2.30. The number of rotatable bonds is 3. The van der Waals surface area contributed by atoms with Gasteiger partial charge < -0.3 is 4.57 Å². The van der Waals surface area contributed by atoms with Gasteiger partial charge >= 0.3 is 6.18 Å². The van der Waals surface area contributed by atoms with E-state index in [9.17, 15) is 13.2 Å². The van der Waals surface area contributed by atoms with Crippen LogP contribution in [-0.2, 0) is 25.6 Å². The second-order valence-electron chi connectivity index (χ2n) is 7.78. The summed E-state index contributed by atoms with van der Waals surface area (Å²) in [5.41, 5.74) is 3.46. The molecule has 3 aromatic rings. The highest BCUT2D eigenvalue weighted by Gasteiger charge is 2.36. The van der Waals surface area contributed by atoms with Crippen LogP contribution in [0.3, 0.4) is 0 Å². The van der Waals surface area contributed by atoms with Gasteiger partial charge in [-0.05, 0) is 49.1 Å². The standard InChI is InChI=1S/C21H20ClF3N4/c22-14-10-15-19-16-2-1-7-28(16)8-6-17(19)29(20(15)27-12-14)9-5-13-3-4-18(26-11-13)21(23,24)25/h3-4,10-12,16H,1-2,5-9H2. The van der Waals surface area contributed by atoms with E-state index >= 15 is 0 Å². The van der Waals surface area contributed by atoms with Crippen molar-refractivity contribution in [2.24, 2.45) is 0 Å². The van der Waals surface area contributed by atoms with E-state index in [-0.39, 0.29) is 0 Å². The van der Waals surface area contributed by atoms with Crippen molar-refractivity contribution in [3.05, 3.63) is 58.1 Å². The molecular weight excluding hydrogens is 401 g/mol. The highest BCUT2D eigenvalue weighted by molar-refractivity contribution is 6.31. The maximum atomic E-state index is 12.7. The molecule has 4 nitrogen and oxygen atoms in total. The van der Waals surface area contributed by atoms with Crippen LogP contribution in [0, 0.1) is 0 Å². The summed E-state index contributed by atoms with van der Waals surface area (Å²) in [5.74, 6) is 0. The number of alkyl halides is 3. The van der Waals surface area contributed by atoms with Crippen LogP contribution in [0.1, 0.15) is 41.4 Å². The van der Waals surface area contributed by atoms with E-state index in [0.29, 0.717) is 24.0 Å². The third-order valence-corrected chi connectivity index (χ3v) is 6.29. The average Bonchev–Trinajstić information content (AvgIpc) is 3.28.